The Morgan fingerprint density at radius 2 is 1.92 bits per heavy atom. The van der Waals surface area contributed by atoms with Crippen LogP contribution in [0.1, 0.15) is 11.1 Å². The van der Waals surface area contributed by atoms with Gasteiger partial charge in [-0.2, -0.15) is 0 Å². The number of carbonyl (C=O) groups is 1. The topological polar surface area (TPSA) is 93.5 Å². The SMILES string of the molecule is COC(=O)C(=Cc1ccc(OC)c(OCc2ccccc2)c1)N=[N+]=[N-]. The fraction of sp³-hybridized carbons (Fsp3) is 0.167. The van der Waals surface area contributed by atoms with Crippen LogP contribution in [-0.4, -0.2) is 20.2 Å². The van der Waals surface area contributed by atoms with Crippen LogP contribution in [0.2, 0.25) is 0 Å². The number of hydrogen-bond acceptors (Lipinski definition) is 5. The highest BCUT2D eigenvalue weighted by Crippen LogP contribution is 2.30. The van der Waals surface area contributed by atoms with Crippen molar-refractivity contribution in [3.05, 3.63) is 75.8 Å². The van der Waals surface area contributed by atoms with Gasteiger partial charge in [0.25, 0.3) is 0 Å². The fourth-order valence-electron chi connectivity index (χ4n) is 2.07. The van der Waals surface area contributed by atoms with E-state index in [1.54, 1.807) is 25.3 Å². The largest absolute Gasteiger partial charge is 0.493 e. The summed E-state index contributed by atoms with van der Waals surface area (Å²) in [4.78, 5) is 14.2. The fourth-order valence-corrected chi connectivity index (χ4v) is 2.07. The average Bonchev–Trinajstić information content (AvgIpc) is 2.66. The summed E-state index contributed by atoms with van der Waals surface area (Å²) in [6, 6.07) is 14.8. The quantitative estimate of drug-likeness (QED) is 0.249. The Hall–Kier alpha value is -3.44. The summed E-state index contributed by atoms with van der Waals surface area (Å²) in [7, 11) is 2.76. The molecule has 0 bridgehead atoms. The van der Waals surface area contributed by atoms with E-state index >= 15 is 0 Å². The molecule has 7 nitrogen and oxygen atoms in total. The van der Waals surface area contributed by atoms with Gasteiger partial charge in [0, 0.05) is 4.91 Å². The first kappa shape index (κ1) is 17.9. The van der Waals surface area contributed by atoms with Gasteiger partial charge in [0.05, 0.1) is 14.2 Å². The van der Waals surface area contributed by atoms with Crippen LogP contribution in [0.5, 0.6) is 11.5 Å². The van der Waals surface area contributed by atoms with E-state index in [1.165, 1.54) is 13.2 Å². The molecular weight excluding hydrogens is 322 g/mol. The maximum Gasteiger partial charge on any atom is 0.340 e. The molecule has 25 heavy (non-hydrogen) atoms. The summed E-state index contributed by atoms with van der Waals surface area (Å²) in [6.45, 7) is 0.366. The number of azide groups is 1. The highest BCUT2D eigenvalue weighted by Gasteiger charge is 2.10. The molecule has 7 heteroatoms. The van der Waals surface area contributed by atoms with E-state index in [1.807, 2.05) is 30.3 Å². The molecule has 0 saturated carbocycles. The van der Waals surface area contributed by atoms with Crippen molar-refractivity contribution >= 4 is 12.0 Å². The van der Waals surface area contributed by atoms with Crippen LogP contribution in [0, 0.1) is 0 Å². The molecule has 0 aromatic heterocycles. The van der Waals surface area contributed by atoms with E-state index in [2.05, 4.69) is 14.8 Å². The van der Waals surface area contributed by atoms with Crippen molar-refractivity contribution in [2.75, 3.05) is 14.2 Å². The third-order valence-electron chi connectivity index (χ3n) is 3.28. The zero-order valence-corrected chi connectivity index (χ0v) is 13.9. The van der Waals surface area contributed by atoms with Crippen molar-refractivity contribution in [1.82, 2.24) is 0 Å². The summed E-state index contributed by atoms with van der Waals surface area (Å²) in [5.41, 5.74) is 10.0. The number of rotatable bonds is 7. The lowest BCUT2D eigenvalue weighted by Gasteiger charge is -2.11. The van der Waals surface area contributed by atoms with Gasteiger partial charge >= 0.3 is 5.97 Å². The van der Waals surface area contributed by atoms with E-state index in [4.69, 9.17) is 15.0 Å². The Balaban J connectivity index is 2.29. The first-order valence-corrected chi connectivity index (χ1v) is 7.37. The molecule has 0 aliphatic heterocycles. The molecule has 0 aliphatic carbocycles. The zero-order chi connectivity index (χ0) is 18.1. The summed E-state index contributed by atoms with van der Waals surface area (Å²) >= 11 is 0. The predicted molar refractivity (Wildman–Crippen MR) is 92.9 cm³/mol. The average molecular weight is 339 g/mol. The molecular formula is C18H17N3O4. The smallest absolute Gasteiger partial charge is 0.340 e. The van der Waals surface area contributed by atoms with Crippen LogP contribution in [-0.2, 0) is 16.1 Å². The van der Waals surface area contributed by atoms with Gasteiger partial charge in [0.15, 0.2) is 11.5 Å². The van der Waals surface area contributed by atoms with Gasteiger partial charge in [0.2, 0.25) is 0 Å². The van der Waals surface area contributed by atoms with E-state index < -0.39 is 5.97 Å². The maximum absolute atomic E-state index is 11.6. The lowest BCUT2D eigenvalue weighted by molar-refractivity contribution is -0.136. The molecule has 2 rings (SSSR count). The Morgan fingerprint density at radius 1 is 1.16 bits per heavy atom. The second-order valence-corrected chi connectivity index (χ2v) is 4.90. The minimum Gasteiger partial charge on any atom is -0.493 e. The molecule has 0 saturated heterocycles. The molecule has 0 aliphatic rings. The first-order valence-electron chi connectivity index (χ1n) is 7.37. The van der Waals surface area contributed by atoms with Gasteiger partial charge in [-0.1, -0.05) is 41.5 Å². The molecule has 2 aromatic rings. The Bertz CT molecular complexity index is 812. The summed E-state index contributed by atoms with van der Waals surface area (Å²) < 4.78 is 15.7. The third-order valence-corrected chi connectivity index (χ3v) is 3.28. The Labute approximate surface area is 145 Å². The van der Waals surface area contributed by atoms with Crippen molar-refractivity contribution in [3.8, 4) is 11.5 Å². The van der Waals surface area contributed by atoms with E-state index in [0.29, 0.717) is 23.7 Å². The second kappa shape index (κ2) is 9.00. The lowest BCUT2D eigenvalue weighted by atomic mass is 10.1. The molecule has 0 fully saturated rings. The van der Waals surface area contributed by atoms with Gasteiger partial charge < -0.3 is 14.2 Å². The third kappa shape index (κ3) is 5.02. The number of methoxy groups -OCH3 is 2. The maximum atomic E-state index is 11.6. The number of esters is 1. The summed E-state index contributed by atoms with van der Waals surface area (Å²) in [5, 5.41) is 3.35. The van der Waals surface area contributed by atoms with Gasteiger partial charge in [0.1, 0.15) is 12.3 Å². The van der Waals surface area contributed by atoms with Crippen LogP contribution in [0.25, 0.3) is 16.5 Å². The number of carbonyl (C=O) groups excluding carboxylic acids is 1. The molecule has 0 N–H and O–H groups in total. The van der Waals surface area contributed by atoms with Crippen molar-refractivity contribution in [1.29, 1.82) is 0 Å². The van der Waals surface area contributed by atoms with Gasteiger partial charge in [-0.3, -0.25) is 0 Å². The van der Waals surface area contributed by atoms with E-state index in [9.17, 15) is 4.79 Å². The van der Waals surface area contributed by atoms with Crippen molar-refractivity contribution in [2.45, 2.75) is 6.61 Å². The molecule has 0 atom stereocenters. The molecule has 0 spiro atoms. The summed E-state index contributed by atoms with van der Waals surface area (Å²) in [6.07, 6.45) is 1.42. The van der Waals surface area contributed by atoms with Crippen molar-refractivity contribution < 1.29 is 19.0 Å². The Kier molecular flexibility index (Phi) is 6.45. The van der Waals surface area contributed by atoms with E-state index in [0.717, 1.165) is 5.56 Å². The Morgan fingerprint density at radius 3 is 2.56 bits per heavy atom. The summed E-state index contributed by atoms with van der Waals surface area (Å²) in [5.74, 6) is 0.335. The highest BCUT2D eigenvalue weighted by molar-refractivity contribution is 5.93. The van der Waals surface area contributed by atoms with Gasteiger partial charge in [-0.15, -0.1) is 0 Å². The van der Waals surface area contributed by atoms with Gasteiger partial charge in [-0.25, -0.2) is 4.79 Å². The van der Waals surface area contributed by atoms with E-state index in [-0.39, 0.29) is 5.70 Å². The minimum absolute atomic E-state index is 0.149. The minimum atomic E-state index is -0.722. The second-order valence-electron chi connectivity index (χ2n) is 4.90. The van der Waals surface area contributed by atoms with Crippen molar-refractivity contribution in [3.63, 3.8) is 0 Å². The predicted octanol–water partition coefficient (Wildman–Crippen LogP) is 4.10. The molecule has 128 valence electrons. The van der Waals surface area contributed by atoms with Crippen LogP contribution >= 0.6 is 0 Å². The lowest BCUT2D eigenvalue weighted by Crippen LogP contribution is -2.02. The molecule has 0 heterocycles. The molecule has 2 aromatic carbocycles. The van der Waals surface area contributed by atoms with Crippen molar-refractivity contribution in [2.24, 2.45) is 5.11 Å². The zero-order valence-electron chi connectivity index (χ0n) is 13.9. The van der Waals surface area contributed by atoms with Gasteiger partial charge in [-0.05, 0) is 34.9 Å². The highest BCUT2D eigenvalue weighted by atomic mass is 16.5. The first-order chi connectivity index (χ1) is 12.2. The van der Waals surface area contributed by atoms with Crippen LogP contribution < -0.4 is 9.47 Å². The van der Waals surface area contributed by atoms with Crippen LogP contribution in [0.15, 0.2) is 59.3 Å². The molecule has 0 radical (unpaired) electrons. The number of benzene rings is 2. The normalized spacial score (nSPS) is 10.6. The standard InChI is InChI=1S/C18H17N3O4/c1-23-16-9-8-14(10-15(20-21-19)18(22)24-2)11-17(16)25-12-13-6-4-3-5-7-13/h3-11H,12H2,1-2H3. The molecule has 0 amide bonds. The van der Waals surface area contributed by atoms with Crippen LogP contribution in [0.3, 0.4) is 0 Å². The number of nitrogens with zero attached hydrogens (tertiary/aromatic N) is 3. The number of hydrogen-bond donors (Lipinski definition) is 0. The van der Waals surface area contributed by atoms with Crippen LogP contribution in [0.4, 0.5) is 0 Å². The molecule has 0 unspecified atom stereocenters. The monoisotopic (exact) mass is 339 g/mol. The number of ether oxygens (including phenoxy) is 3.